The molecule has 2 rings (SSSR count). The summed E-state index contributed by atoms with van der Waals surface area (Å²) in [6.45, 7) is 4.35. The first-order valence-electron chi connectivity index (χ1n) is 5.55. The summed E-state index contributed by atoms with van der Waals surface area (Å²) < 4.78 is 1.05. The quantitative estimate of drug-likeness (QED) is 0.900. The molecule has 0 amide bonds. The lowest BCUT2D eigenvalue weighted by molar-refractivity contribution is 0.268. The average Bonchev–Trinajstić information content (AvgIpc) is 2.14. The van der Waals surface area contributed by atoms with Gasteiger partial charge in [0.15, 0.2) is 0 Å². The molecule has 3 heteroatoms. The Balaban J connectivity index is 2.16. The van der Waals surface area contributed by atoms with Gasteiger partial charge in [0.25, 0.3) is 0 Å². The molecule has 0 radical (unpaired) electrons. The Morgan fingerprint density at radius 1 is 1.53 bits per heavy atom. The van der Waals surface area contributed by atoms with Crippen molar-refractivity contribution in [3.63, 3.8) is 0 Å². The van der Waals surface area contributed by atoms with Gasteiger partial charge in [0.1, 0.15) is 5.82 Å². The minimum Gasteiger partial charge on any atom is -0.364 e. The third-order valence-electron chi connectivity index (χ3n) is 3.42. The van der Waals surface area contributed by atoms with Crippen LogP contribution in [-0.2, 0) is 0 Å². The van der Waals surface area contributed by atoms with Gasteiger partial charge in [-0.05, 0) is 60.2 Å². The third-order valence-corrected chi connectivity index (χ3v) is 3.85. The molecule has 1 aliphatic carbocycles. The fourth-order valence-corrected chi connectivity index (χ4v) is 2.54. The number of aryl methyl sites for hydroxylation is 1. The van der Waals surface area contributed by atoms with Crippen molar-refractivity contribution in [2.45, 2.75) is 45.1 Å². The van der Waals surface area contributed by atoms with Crippen molar-refractivity contribution < 1.29 is 0 Å². The Morgan fingerprint density at radius 2 is 2.27 bits per heavy atom. The van der Waals surface area contributed by atoms with Crippen molar-refractivity contribution in [3.05, 3.63) is 22.3 Å². The van der Waals surface area contributed by atoms with Crippen molar-refractivity contribution in [1.82, 2.24) is 4.98 Å². The summed E-state index contributed by atoms with van der Waals surface area (Å²) >= 11 is 3.43. The highest BCUT2D eigenvalue weighted by atomic mass is 79.9. The lowest BCUT2D eigenvalue weighted by Crippen LogP contribution is -2.44. The smallest absolute Gasteiger partial charge is 0.129 e. The van der Waals surface area contributed by atoms with Crippen LogP contribution < -0.4 is 5.32 Å². The normalized spacial score (nSPS) is 18.3. The standard InChI is InChI=1S/C12H17BrN2/c1-3-12(5-4-6-12)15-11-9(2)7-10(13)8-14-11/h7-8H,3-6H2,1-2H3,(H,14,15). The molecular formula is C12H17BrN2. The maximum Gasteiger partial charge on any atom is 0.129 e. The molecule has 1 heterocycles. The Labute approximate surface area is 99.6 Å². The summed E-state index contributed by atoms with van der Waals surface area (Å²) in [5, 5.41) is 3.61. The lowest BCUT2D eigenvalue weighted by Gasteiger charge is -2.42. The molecule has 1 N–H and O–H groups in total. The number of pyridine rings is 1. The van der Waals surface area contributed by atoms with E-state index in [0.29, 0.717) is 5.54 Å². The maximum absolute atomic E-state index is 4.43. The zero-order valence-electron chi connectivity index (χ0n) is 9.31. The number of halogens is 1. The Kier molecular flexibility index (Phi) is 3.01. The summed E-state index contributed by atoms with van der Waals surface area (Å²) in [7, 11) is 0. The van der Waals surface area contributed by atoms with Crippen LogP contribution in [0.5, 0.6) is 0 Å². The molecule has 0 saturated heterocycles. The molecule has 0 unspecified atom stereocenters. The van der Waals surface area contributed by atoms with Crippen LogP contribution in [0.4, 0.5) is 5.82 Å². The van der Waals surface area contributed by atoms with E-state index in [2.05, 4.69) is 46.1 Å². The molecule has 82 valence electrons. The summed E-state index contributed by atoms with van der Waals surface area (Å²) in [4.78, 5) is 4.43. The number of anilines is 1. The largest absolute Gasteiger partial charge is 0.364 e. The number of nitrogens with one attached hydrogen (secondary N) is 1. The number of aromatic nitrogens is 1. The van der Waals surface area contributed by atoms with E-state index in [9.17, 15) is 0 Å². The fourth-order valence-electron chi connectivity index (χ4n) is 2.09. The van der Waals surface area contributed by atoms with Gasteiger partial charge in [-0.25, -0.2) is 4.98 Å². The number of hydrogen-bond donors (Lipinski definition) is 1. The second-order valence-electron chi connectivity index (χ2n) is 4.43. The van der Waals surface area contributed by atoms with E-state index in [0.717, 1.165) is 10.3 Å². The highest BCUT2D eigenvalue weighted by Crippen LogP contribution is 2.38. The molecule has 15 heavy (non-hydrogen) atoms. The van der Waals surface area contributed by atoms with E-state index in [1.165, 1.54) is 31.2 Å². The minimum atomic E-state index is 0.325. The Bertz CT molecular complexity index is 353. The number of nitrogens with zero attached hydrogens (tertiary/aromatic N) is 1. The number of hydrogen-bond acceptors (Lipinski definition) is 2. The first kappa shape index (κ1) is 10.9. The van der Waals surface area contributed by atoms with Crippen LogP contribution in [0.3, 0.4) is 0 Å². The van der Waals surface area contributed by atoms with Crippen LogP contribution in [0, 0.1) is 6.92 Å². The van der Waals surface area contributed by atoms with Crippen molar-refractivity contribution in [3.8, 4) is 0 Å². The van der Waals surface area contributed by atoms with E-state index in [-0.39, 0.29) is 0 Å². The van der Waals surface area contributed by atoms with Gasteiger partial charge in [0.05, 0.1) is 0 Å². The molecule has 1 saturated carbocycles. The van der Waals surface area contributed by atoms with Crippen LogP contribution in [0.15, 0.2) is 16.7 Å². The van der Waals surface area contributed by atoms with E-state index < -0.39 is 0 Å². The van der Waals surface area contributed by atoms with E-state index >= 15 is 0 Å². The molecule has 0 aliphatic heterocycles. The van der Waals surface area contributed by atoms with Gasteiger partial charge in [0, 0.05) is 16.2 Å². The second kappa shape index (κ2) is 4.12. The van der Waals surface area contributed by atoms with Crippen LogP contribution >= 0.6 is 15.9 Å². The van der Waals surface area contributed by atoms with Gasteiger partial charge >= 0.3 is 0 Å². The van der Waals surface area contributed by atoms with E-state index in [1.54, 1.807) is 0 Å². The van der Waals surface area contributed by atoms with Gasteiger partial charge in [-0.3, -0.25) is 0 Å². The summed E-state index contributed by atoms with van der Waals surface area (Å²) in [5.41, 5.74) is 1.54. The predicted molar refractivity (Wildman–Crippen MR) is 67.2 cm³/mol. The molecule has 2 nitrogen and oxygen atoms in total. The van der Waals surface area contributed by atoms with Crippen LogP contribution in [-0.4, -0.2) is 10.5 Å². The van der Waals surface area contributed by atoms with Gasteiger partial charge in [0.2, 0.25) is 0 Å². The SMILES string of the molecule is CCC1(Nc2ncc(Br)cc2C)CCC1. The van der Waals surface area contributed by atoms with Crippen LogP contribution in [0.1, 0.15) is 38.2 Å². The molecule has 1 aliphatic rings. The zero-order chi connectivity index (χ0) is 10.9. The number of rotatable bonds is 3. The van der Waals surface area contributed by atoms with E-state index in [4.69, 9.17) is 0 Å². The summed E-state index contributed by atoms with van der Waals surface area (Å²) in [6.07, 6.45) is 6.94. The zero-order valence-corrected chi connectivity index (χ0v) is 10.9. The van der Waals surface area contributed by atoms with Gasteiger partial charge < -0.3 is 5.32 Å². The van der Waals surface area contributed by atoms with Crippen LogP contribution in [0.2, 0.25) is 0 Å². The highest BCUT2D eigenvalue weighted by Gasteiger charge is 2.35. The molecule has 0 atom stereocenters. The van der Waals surface area contributed by atoms with Gasteiger partial charge in [-0.15, -0.1) is 0 Å². The molecule has 0 spiro atoms. The molecular weight excluding hydrogens is 252 g/mol. The summed E-state index contributed by atoms with van der Waals surface area (Å²) in [6, 6.07) is 2.11. The van der Waals surface area contributed by atoms with Crippen molar-refractivity contribution in [2.24, 2.45) is 0 Å². The summed E-state index contributed by atoms with van der Waals surface area (Å²) in [5.74, 6) is 1.04. The molecule has 1 aromatic rings. The van der Waals surface area contributed by atoms with Crippen LogP contribution in [0.25, 0.3) is 0 Å². The first-order valence-corrected chi connectivity index (χ1v) is 6.35. The lowest BCUT2D eigenvalue weighted by atomic mass is 9.75. The average molecular weight is 269 g/mol. The highest BCUT2D eigenvalue weighted by molar-refractivity contribution is 9.10. The maximum atomic E-state index is 4.43. The minimum absolute atomic E-state index is 0.325. The van der Waals surface area contributed by atoms with E-state index in [1.807, 2.05) is 6.20 Å². The fraction of sp³-hybridized carbons (Fsp3) is 0.583. The molecule has 1 fully saturated rings. The Hall–Kier alpha value is -0.570. The third kappa shape index (κ3) is 2.17. The van der Waals surface area contributed by atoms with Gasteiger partial charge in [-0.2, -0.15) is 0 Å². The monoisotopic (exact) mass is 268 g/mol. The van der Waals surface area contributed by atoms with Crippen molar-refractivity contribution in [1.29, 1.82) is 0 Å². The first-order chi connectivity index (χ1) is 7.15. The predicted octanol–water partition coefficient (Wildman–Crippen LogP) is 3.90. The topological polar surface area (TPSA) is 24.9 Å². The van der Waals surface area contributed by atoms with Crippen molar-refractivity contribution in [2.75, 3.05) is 5.32 Å². The Morgan fingerprint density at radius 3 is 2.73 bits per heavy atom. The van der Waals surface area contributed by atoms with Crippen molar-refractivity contribution >= 4 is 21.7 Å². The molecule has 0 bridgehead atoms. The molecule has 1 aromatic heterocycles. The second-order valence-corrected chi connectivity index (χ2v) is 5.35. The van der Waals surface area contributed by atoms with Gasteiger partial charge in [-0.1, -0.05) is 6.92 Å². The molecule has 0 aromatic carbocycles.